The zero-order valence-electron chi connectivity index (χ0n) is 9.85. The van der Waals surface area contributed by atoms with E-state index in [0.29, 0.717) is 18.6 Å². The molecule has 88 valence electrons. The summed E-state index contributed by atoms with van der Waals surface area (Å²) in [6.45, 7) is 0.615. The highest BCUT2D eigenvalue weighted by Crippen LogP contribution is 2.17. The van der Waals surface area contributed by atoms with Gasteiger partial charge in [-0.3, -0.25) is 9.78 Å². The second-order valence-electron chi connectivity index (χ2n) is 3.90. The number of aromatic nitrogens is 1. The van der Waals surface area contributed by atoms with Crippen LogP contribution in [0.3, 0.4) is 0 Å². The number of ether oxygens (including phenoxy) is 1. The molecule has 1 heterocycles. The number of ketones is 1. The summed E-state index contributed by atoms with van der Waals surface area (Å²) in [6.07, 6.45) is 2.97. The van der Waals surface area contributed by atoms with E-state index in [9.17, 15) is 4.79 Å². The predicted molar refractivity (Wildman–Crippen MR) is 67.2 cm³/mol. The molecule has 0 unspecified atom stereocenters. The summed E-state index contributed by atoms with van der Waals surface area (Å²) in [5, 5.41) is 1.00. The lowest BCUT2D eigenvalue weighted by Gasteiger charge is -2.04. The average molecular weight is 229 g/mol. The van der Waals surface area contributed by atoms with Gasteiger partial charge in [-0.15, -0.1) is 0 Å². The van der Waals surface area contributed by atoms with Crippen LogP contribution in [0.15, 0.2) is 36.5 Å². The largest absolute Gasteiger partial charge is 0.385 e. The number of fused-ring (bicyclic) bond motifs is 1. The van der Waals surface area contributed by atoms with Crippen molar-refractivity contribution in [3.8, 4) is 0 Å². The van der Waals surface area contributed by atoms with Crippen LogP contribution in [-0.2, 0) is 4.74 Å². The first kappa shape index (κ1) is 11.7. The maximum atomic E-state index is 12.0. The summed E-state index contributed by atoms with van der Waals surface area (Å²) in [7, 11) is 1.64. The molecule has 1 aromatic carbocycles. The Hall–Kier alpha value is -1.74. The number of Topliss-reactive ketones (excluding diaryl/α,β-unsaturated/α-hetero) is 1. The smallest absolute Gasteiger partial charge is 0.165 e. The lowest BCUT2D eigenvalue weighted by atomic mass is 10.0. The molecular formula is C14H15NO2. The van der Waals surface area contributed by atoms with Gasteiger partial charge in [-0.2, -0.15) is 0 Å². The summed E-state index contributed by atoms with van der Waals surface area (Å²) in [5.74, 6) is 0.131. The Morgan fingerprint density at radius 1 is 1.29 bits per heavy atom. The topological polar surface area (TPSA) is 39.2 Å². The number of hydrogen-bond acceptors (Lipinski definition) is 3. The van der Waals surface area contributed by atoms with E-state index in [-0.39, 0.29) is 5.78 Å². The van der Waals surface area contributed by atoms with Gasteiger partial charge >= 0.3 is 0 Å². The number of pyridine rings is 1. The molecule has 1 aromatic heterocycles. The number of hydrogen-bond donors (Lipinski definition) is 0. The number of carbonyl (C=O) groups excluding carboxylic acids is 1. The van der Waals surface area contributed by atoms with Gasteiger partial charge in [0.05, 0.1) is 5.52 Å². The third-order valence-electron chi connectivity index (χ3n) is 2.69. The van der Waals surface area contributed by atoms with Crippen molar-refractivity contribution in [3.63, 3.8) is 0 Å². The van der Waals surface area contributed by atoms with Crippen LogP contribution in [0.5, 0.6) is 0 Å². The van der Waals surface area contributed by atoms with E-state index >= 15 is 0 Å². The monoisotopic (exact) mass is 229 g/mol. The molecule has 2 aromatic rings. The summed E-state index contributed by atoms with van der Waals surface area (Å²) in [5.41, 5.74) is 1.50. The van der Waals surface area contributed by atoms with Crippen LogP contribution < -0.4 is 0 Å². The molecule has 0 saturated heterocycles. The van der Waals surface area contributed by atoms with Crippen LogP contribution in [0.4, 0.5) is 0 Å². The van der Waals surface area contributed by atoms with Gasteiger partial charge in [-0.1, -0.05) is 18.2 Å². The lowest BCUT2D eigenvalue weighted by Crippen LogP contribution is -2.02. The minimum atomic E-state index is 0.131. The number of nitrogens with zero attached hydrogens (tertiary/aromatic N) is 1. The van der Waals surface area contributed by atoms with E-state index in [1.54, 1.807) is 13.3 Å². The standard InChI is InChI=1S/C14H15NO2/c1-17-10-4-8-13(16)12-7-2-5-11-6-3-9-15-14(11)12/h2-3,5-7,9H,4,8,10H2,1H3. The van der Waals surface area contributed by atoms with Crippen molar-refractivity contribution < 1.29 is 9.53 Å². The summed E-state index contributed by atoms with van der Waals surface area (Å²) in [6, 6.07) is 9.54. The van der Waals surface area contributed by atoms with Crippen molar-refractivity contribution in [1.82, 2.24) is 4.98 Å². The molecule has 0 aliphatic carbocycles. The van der Waals surface area contributed by atoms with Crippen LogP contribution in [0.2, 0.25) is 0 Å². The first-order valence-corrected chi connectivity index (χ1v) is 5.69. The quantitative estimate of drug-likeness (QED) is 0.584. The van der Waals surface area contributed by atoms with Crippen molar-refractivity contribution in [2.45, 2.75) is 12.8 Å². The number of benzene rings is 1. The Kier molecular flexibility index (Phi) is 3.83. The van der Waals surface area contributed by atoms with Gasteiger partial charge in [0.2, 0.25) is 0 Å². The first-order chi connectivity index (χ1) is 8.33. The van der Waals surface area contributed by atoms with Gasteiger partial charge < -0.3 is 4.74 Å². The molecule has 17 heavy (non-hydrogen) atoms. The number of carbonyl (C=O) groups is 1. The molecule has 2 rings (SSSR count). The van der Waals surface area contributed by atoms with E-state index < -0.39 is 0 Å². The van der Waals surface area contributed by atoms with E-state index in [1.807, 2.05) is 30.3 Å². The fraction of sp³-hybridized carbons (Fsp3) is 0.286. The van der Waals surface area contributed by atoms with Gasteiger partial charge in [0.25, 0.3) is 0 Å². The molecule has 0 saturated carbocycles. The van der Waals surface area contributed by atoms with Gasteiger partial charge in [0.15, 0.2) is 5.78 Å². The molecule has 0 spiro atoms. The SMILES string of the molecule is COCCCC(=O)c1cccc2cccnc12. The molecule has 0 fully saturated rings. The van der Waals surface area contributed by atoms with Crippen LogP contribution in [0.25, 0.3) is 10.9 Å². The minimum absolute atomic E-state index is 0.131. The molecule has 0 N–H and O–H groups in total. The van der Waals surface area contributed by atoms with Crippen LogP contribution in [-0.4, -0.2) is 24.5 Å². The highest BCUT2D eigenvalue weighted by molar-refractivity contribution is 6.06. The number of para-hydroxylation sites is 1. The van der Waals surface area contributed by atoms with E-state index in [0.717, 1.165) is 17.3 Å². The van der Waals surface area contributed by atoms with Crippen molar-refractivity contribution in [2.75, 3.05) is 13.7 Å². The molecular weight excluding hydrogens is 214 g/mol. The fourth-order valence-corrected chi connectivity index (χ4v) is 1.84. The van der Waals surface area contributed by atoms with Crippen molar-refractivity contribution in [2.24, 2.45) is 0 Å². The van der Waals surface area contributed by atoms with E-state index in [2.05, 4.69) is 4.98 Å². The van der Waals surface area contributed by atoms with Gasteiger partial charge in [0, 0.05) is 37.3 Å². The molecule has 0 aliphatic heterocycles. The zero-order chi connectivity index (χ0) is 12.1. The predicted octanol–water partition coefficient (Wildman–Crippen LogP) is 2.84. The second-order valence-corrected chi connectivity index (χ2v) is 3.90. The van der Waals surface area contributed by atoms with Crippen molar-refractivity contribution in [3.05, 3.63) is 42.1 Å². The van der Waals surface area contributed by atoms with Crippen molar-refractivity contribution >= 4 is 16.7 Å². The van der Waals surface area contributed by atoms with E-state index in [4.69, 9.17) is 4.74 Å². The van der Waals surface area contributed by atoms with Crippen LogP contribution >= 0.6 is 0 Å². The number of methoxy groups -OCH3 is 1. The Bertz CT molecular complexity index is 517. The molecule has 3 heteroatoms. The maximum absolute atomic E-state index is 12.0. The zero-order valence-corrected chi connectivity index (χ0v) is 9.85. The van der Waals surface area contributed by atoms with E-state index in [1.165, 1.54) is 0 Å². The summed E-state index contributed by atoms with van der Waals surface area (Å²) in [4.78, 5) is 16.3. The Morgan fingerprint density at radius 2 is 2.12 bits per heavy atom. The molecule has 3 nitrogen and oxygen atoms in total. The first-order valence-electron chi connectivity index (χ1n) is 5.69. The maximum Gasteiger partial charge on any atom is 0.165 e. The third-order valence-corrected chi connectivity index (χ3v) is 2.69. The molecule has 0 amide bonds. The third kappa shape index (κ3) is 2.68. The lowest BCUT2D eigenvalue weighted by molar-refractivity contribution is 0.0965. The van der Waals surface area contributed by atoms with Gasteiger partial charge in [0.1, 0.15) is 0 Å². The molecule has 0 radical (unpaired) electrons. The Labute approximate surface area is 100 Å². The van der Waals surface area contributed by atoms with Gasteiger partial charge in [-0.25, -0.2) is 0 Å². The normalized spacial score (nSPS) is 10.6. The highest BCUT2D eigenvalue weighted by atomic mass is 16.5. The minimum Gasteiger partial charge on any atom is -0.385 e. The number of rotatable bonds is 5. The highest BCUT2D eigenvalue weighted by Gasteiger charge is 2.10. The molecule has 0 aliphatic rings. The second kappa shape index (κ2) is 5.55. The fourth-order valence-electron chi connectivity index (χ4n) is 1.84. The van der Waals surface area contributed by atoms with Crippen LogP contribution in [0.1, 0.15) is 23.2 Å². The summed E-state index contributed by atoms with van der Waals surface area (Å²) < 4.78 is 4.95. The van der Waals surface area contributed by atoms with Gasteiger partial charge in [-0.05, 0) is 18.6 Å². The van der Waals surface area contributed by atoms with Crippen molar-refractivity contribution in [1.29, 1.82) is 0 Å². The average Bonchev–Trinajstić information content (AvgIpc) is 2.38. The molecule has 0 bridgehead atoms. The summed E-state index contributed by atoms with van der Waals surface area (Å²) >= 11 is 0. The Balaban J connectivity index is 2.26. The Morgan fingerprint density at radius 3 is 2.94 bits per heavy atom. The van der Waals surface area contributed by atoms with Crippen LogP contribution in [0, 0.1) is 0 Å². The molecule has 0 atom stereocenters.